The minimum Gasteiger partial charge on any atom is -0.351 e. The predicted octanol–water partition coefficient (Wildman–Crippen LogP) is 4.49. The summed E-state index contributed by atoms with van der Waals surface area (Å²) < 4.78 is 15.1. The Labute approximate surface area is 201 Å². The predicted molar refractivity (Wildman–Crippen MR) is 131 cm³/mol. The molecule has 1 N–H and O–H groups in total. The lowest BCUT2D eigenvalue weighted by Crippen LogP contribution is -2.29. The number of nitrogens with zero attached hydrogens (tertiary/aromatic N) is 7. The molecule has 0 aliphatic carbocycles. The van der Waals surface area contributed by atoms with Crippen LogP contribution in [0.15, 0.2) is 73.7 Å². The standard InChI is InChI=1S/C26H23FN8/c1-17(18-2-4-23(27)5-3-18)21-11-28-25(29-12-21)19-6-8-34(9-7-19)26-24-10-20(22-13-31-32-14-22)15-35(24)33-16-30-26/h2-6,10-17H,7-9H2,1H3,(H,31,32). The second-order valence-corrected chi connectivity index (χ2v) is 8.67. The van der Waals surface area contributed by atoms with E-state index < -0.39 is 0 Å². The quantitative estimate of drug-likeness (QED) is 0.411. The van der Waals surface area contributed by atoms with Gasteiger partial charge in [-0.1, -0.05) is 25.1 Å². The fraction of sp³-hybridized carbons (Fsp3) is 0.192. The van der Waals surface area contributed by atoms with Gasteiger partial charge < -0.3 is 4.90 Å². The van der Waals surface area contributed by atoms with Crippen molar-refractivity contribution in [1.29, 1.82) is 0 Å². The van der Waals surface area contributed by atoms with Crippen LogP contribution in [-0.2, 0) is 0 Å². The summed E-state index contributed by atoms with van der Waals surface area (Å²) in [6, 6.07) is 8.66. The first-order chi connectivity index (χ1) is 17.2. The van der Waals surface area contributed by atoms with Crippen LogP contribution in [0.1, 0.15) is 36.2 Å². The van der Waals surface area contributed by atoms with E-state index in [2.05, 4.69) is 54.2 Å². The molecule has 0 spiro atoms. The van der Waals surface area contributed by atoms with E-state index in [1.807, 2.05) is 29.3 Å². The fourth-order valence-electron chi connectivity index (χ4n) is 4.46. The van der Waals surface area contributed by atoms with Crippen LogP contribution in [0.4, 0.5) is 10.2 Å². The molecule has 4 aromatic heterocycles. The van der Waals surface area contributed by atoms with Crippen LogP contribution < -0.4 is 4.90 Å². The van der Waals surface area contributed by atoms with Crippen molar-refractivity contribution in [3.05, 3.63) is 96.5 Å². The molecule has 0 bridgehead atoms. The molecule has 5 heterocycles. The van der Waals surface area contributed by atoms with Gasteiger partial charge in [0.2, 0.25) is 0 Å². The molecule has 5 aromatic rings. The smallest absolute Gasteiger partial charge is 0.156 e. The Morgan fingerprint density at radius 3 is 2.54 bits per heavy atom. The van der Waals surface area contributed by atoms with Gasteiger partial charge in [0.25, 0.3) is 0 Å². The zero-order chi connectivity index (χ0) is 23.8. The Balaban J connectivity index is 1.20. The van der Waals surface area contributed by atoms with E-state index in [0.29, 0.717) is 6.54 Å². The molecule has 174 valence electrons. The molecule has 1 unspecified atom stereocenters. The molecule has 1 aliphatic heterocycles. The molecule has 6 rings (SSSR count). The number of hydrogen-bond donors (Lipinski definition) is 1. The van der Waals surface area contributed by atoms with Gasteiger partial charge in [0, 0.05) is 54.9 Å². The molecule has 0 saturated carbocycles. The Kier molecular flexibility index (Phi) is 5.29. The van der Waals surface area contributed by atoms with Gasteiger partial charge in [-0.15, -0.1) is 0 Å². The molecule has 1 aromatic carbocycles. The van der Waals surface area contributed by atoms with Crippen molar-refractivity contribution in [3.63, 3.8) is 0 Å². The van der Waals surface area contributed by atoms with Crippen LogP contribution in [0, 0.1) is 5.82 Å². The molecule has 9 heteroatoms. The number of aromatic amines is 1. The van der Waals surface area contributed by atoms with Gasteiger partial charge in [-0.25, -0.2) is 23.9 Å². The number of H-pyrrole nitrogens is 1. The van der Waals surface area contributed by atoms with Crippen molar-refractivity contribution >= 4 is 16.9 Å². The van der Waals surface area contributed by atoms with Gasteiger partial charge in [-0.05, 0) is 41.3 Å². The van der Waals surface area contributed by atoms with E-state index in [9.17, 15) is 4.39 Å². The maximum absolute atomic E-state index is 13.2. The second kappa shape index (κ2) is 8.75. The summed E-state index contributed by atoms with van der Waals surface area (Å²) in [5.74, 6) is 1.51. The molecule has 1 aliphatic rings. The molecule has 1 atom stereocenters. The van der Waals surface area contributed by atoms with Crippen LogP contribution >= 0.6 is 0 Å². The highest BCUT2D eigenvalue weighted by Crippen LogP contribution is 2.29. The Morgan fingerprint density at radius 2 is 1.83 bits per heavy atom. The number of nitrogens with one attached hydrogen (secondary N) is 1. The lowest BCUT2D eigenvalue weighted by molar-refractivity contribution is 0.626. The van der Waals surface area contributed by atoms with Crippen molar-refractivity contribution < 1.29 is 4.39 Å². The fourth-order valence-corrected chi connectivity index (χ4v) is 4.46. The summed E-state index contributed by atoms with van der Waals surface area (Å²) in [5, 5.41) is 11.3. The van der Waals surface area contributed by atoms with Crippen molar-refractivity contribution in [2.24, 2.45) is 0 Å². The molecule has 0 fully saturated rings. The Morgan fingerprint density at radius 1 is 1.00 bits per heavy atom. The highest BCUT2D eigenvalue weighted by molar-refractivity contribution is 5.78. The number of aromatic nitrogens is 7. The van der Waals surface area contributed by atoms with E-state index in [4.69, 9.17) is 0 Å². The zero-order valence-corrected chi connectivity index (χ0v) is 19.1. The van der Waals surface area contributed by atoms with Crippen LogP contribution in [0.2, 0.25) is 0 Å². The molecule has 8 nitrogen and oxygen atoms in total. The summed E-state index contributed by atoms with van der Waals surface area (Å²) in [6.07, 6.45) is 14.0. The topological polar surface area (TPSA) is 87.9 Å². The minimum absolute atomic E-state index is 0.0923. The van der Waals surface area contributed by atoms with Crippen LogP contribution in [0.3, 0.4) is 0 Å². The van der Waals surface area contributed by atoms with Gasteiger partial charge in [0.05, 0.1) is 6.20 Å². The Bertz CT molecular complexity index is 1490. The van der Waals surface area contributed by atoms with Gasteiger partial charge in [0.1, 0.15) is 17.7 Å². The van der Waals surface area contributed by atoms with E-state index in [0.717, 1.165) is 58.0 Å². The highest BCUT2D eigenvalue weighted by atomic mass is 19.1. The zero-order valence-electron chi connectivity index (χ0n) is 19.1. The number of rotatable bonds is 5. The minimum atomic E-state index is -0.233. The van der Waals surface area contributed by atoms with Crippen LogP contribution in [0.25, 0.3) is 22.2 Å². The number of benzene rings is 1. The van der Waals surface area contributed by atoms with E-state index >= 15 is 0 Å². The van der Waals surface area contributed by atoms with E-state index in [1.165, 1.54) is 12.1 Å². The number of fused-ring (bicyclic) bond motifs is 1. The van der Waals surface area contributed by atoms with Crippen LogP contribution in [-0.4, -0.2) is 47.9 Å². The van der Waals surface area contributed by atoms with Crippen molar-refractivity contribution in [2.75, 3.05) is 18.0 Å². The maximum atomic E-state index is 13.2. The lowest BCUT2D eigenvalue weighted by atomic mass is 9.95. The lowest BCUT2D eigenvalue weighted by Gasteiger charge is -2.27. The largest absolute Gasteiger partial charge is 0.351 e. The molecule has 0 radical (unpaired) electrons. The number of hydrogen-bond acceptors (Lipinski definition) is 6. The number of anilines is 1. The monoisotopic (exact) mass is 466 g/mol. The van der Waals surface area contributed by atoms with Gasteiger partial charge in [0.15, 0.2) is 11.6 Å². The average Bonchev–Trinajstić information content (AvgIpc) is 3.59. The first-order valence-corrected chi connectivity index (χ1v) is 11.5. The molecular weight excluding hydrogens is 443 g/mol. The molecule has 0 amide bonds. The number of halogens is 1. The molecule has 35 heavy (non-hydrogen) atoms. The third kappa shape index (κ3) is 4.05. The first kappa shape index (κ1) is 21.2. The molecular formula is C26H23FN8. The second-order valence-electron chi connectivity index (χ2n) is 8.67. The third-order valence-corrected chi connectivity index (χ3v) is 6.55. The Hall–Kier alpha value is -4.40. The average molecular weight is 467 g/mol. The summed E-state index contributed by atoms with van der Waals surface area (Å²) >= 11 is 0. The SMILES string of the molecule is CC(c1ccc(F)cc1)c1cnc(C2=CCN(c3ncnn4cc(-c5cn[nH]c5)cc34)CC2)nc1. The third-order valence-electron chi connectivity index (χ3n) is 6.55. The molecule has 0 saturated heterocycles. The van der Waals surface area contributed by atoms with Gasteiger partial charge >= 0.3 is 0 Å². The van der Waals surface area contributed by atoms with Crippen molar-refractivity contribution in [1.82, 2.24) is 34.8 Å². The summed E-state index contributed by atoms with van der Waals surface area (Å²) in [6.45, 7) is 3.60. The van der Waals surface area contributed by atoms with E-state index in [-0.39, 0.29) is 11.7 Å². The van der Waals surface area contributed by atoms with Crippen molar-refractivity contribution in [3.8, 4) is 11.1 Å². The maximum Gasteiger partial charge on any atom is 0.156 e. The van der Waals surface area contributed by atoms with Gasteiger partial charge in [-0.2, -0.15) is 10.2 Å². The first-order valence-electron chi connectivity index (χ1n) is 11.5. The van der Waals surface area contributed by atoms with Gasteiger partial charge in [-0.3, -0.25) is 5.10 Å². The summed E-state index contributed by atoms with van der Waals surface area (Å²) in [7, 11) is 0. The highest BCUT2D eigenvalue weighted by Gasteiger charge is 2.20. The normalized spacial score (nSPS) is 14.8. The van der Waals surface area contributed by atoms with Crippen LogP contribution in [0.5, 0.6) is 0 Å². The van der Waals surface area contributed by atoms with E-state index in [1.54, 1.807) is 24.7 Å². The summed E-state index contributed by atoms with van der Waals surface area (Å²) in [4.78, 5) is 16.1. The summed E-state index contributed by atoms with van der Waals surface area (Å²) in [5.41, 5.74) is 6.17. The van der Waals surface area contributed by atoms with Crippen molar-refractivity contribution in [2.45, 2.75) is 19.3 Å².